The van der Waals surface area contributed by atoms with Gasteiger partial charge < -0.3 is 4.74 Å². The topological polar surface area (TPSA) is 26.3 Å². The summed E-state index contributed by atoms with van der Waals surface area (Å²) in [6, 6.07) is 0. The van der Waals surface area contributed by atoms with E-state index in [1.165, 1.54) is 116 Å². The number of ether oxygens (including phenoxy) is 1. The number of methoxy groups -OCH3 is 1. The van der Waals surface area contributed by atoms with Gasteiger partial charge in [0.05, 0.1) is 11.2 Å². The molecule has 0 aliphatic heterocycles. The molecule has 0 aliphatic carbocycles. The Morgan fingerprint density at radius 1 is 0.556 bits per heavy atom. The molecule has 0 fully saturated rings. The Morgan fingerprint density at radius 2 is 0.852 bits per heavy atom. The molecule has 0 unspecified atom stereocenters. The van der Waals surface area contributed by atoms with Crippen molar-refractivity contribution in [2.24, 2.45) is 0 Å². The van der Waals surface area contributed by atoms with E-state index in [1.54, 1.807) is 0 Å². The van der Waals surface area contributed by atoms with Gasteiger partial charge in [-0.3, -0.25) is 4.79 Å². The smallest absolute Gasteiger partial charge is 0.305 e. The van der Waals surface area contributed by atoms with Crippen LogP contribution in [0, 0.1) is 0 Å². The van der Waals surface area contributed by atoms with Gasteiger partial charge in [-0.2, -0.15) is 0 Å². The Morgan fingerprint density at radius 3 is 1.15 bits per heavy atom. The maximum absolute atomic E-state index is 11.3. The first kappa shape index (κ1) is 21.2. The average Bonchev–Trinajstić information content (AvgIpc) is 2.68. The SMILES string of the molecule is [2H]C([2H])([2H])OC(=O)CCCCCCCCCCCCCCCCCCCCCCC. The van der Waals surface area contributed by atoms with Gasteiger partial charge in [0.15, 0.2) is 0 Å². The highest BCUT2D eigenvalue weighted by Crippen LogP contribution is 2.15. The third-order valence-electron chi connectivity index (χ3n) is 5.60. The minimum absolute atomic E-state index is 0.220. The van der Waals surface area contributed by atoms with Crippen LogP contribution in [0.2, 0.25) is 0 Å². The van der Waals surface area contributed by atoms with Crippen LogP contribution >= 0.6 is 0 Å². The number of esters is 1. The van der Waals surface area contributed by atoms with Crippen LogP contribution < -0.4 is 0 Å². The number of carbonyl (C=O) groups is 1. The second-order valence-electron chi connectivity index (χ2n) is 8.30. The Bertz CT molecular complexity index is 370. The van der Waals surface area contributed by atoms with Crippen LogP contribution in [0.4, 0.5) is 0 Å². The summed E-state index contributed by atoms with van der Waals surface area (Å²) >= 11 is 0. The normalized spacial score (nSPS) is 13.1. The van der Waals surface area contributed by atoms with Crippen LogP contribution in [-0.2, 0) is 9.53 Å². The van der Waals surface area contributed by atoms with Crippen molar-refractivity contribution in [2.45, 2.75) is 148 Å². The van der Waals surface area contributed by atoms with Gasteiger partial charge in [-0.15, -0.1) is 0 Å². The largest absolute Gasteiger partial charge is 0.469 e. The molecule has 0 bridgehead atoms. The van der Waals surface area contributed by atoms with E-state index in [1.807, 2.05) is 0 Å². The molecule has 0 aromatic heterocycles. The van der Waals surface area contributed by atoms with E-state index in [2.05, 4.69) is 11.7 Å². The summed E-state index contributed by atoms with van der Waals surface area (Å²) in [5, 5.41) is 0. The van der Waals surface area contributed by atoms with Crippen molar-refractivity contribution in [3.05, 3.63) is 0 Å². The molecule has 162 valence electrons. The zero-order valence-corrected chi connectivity index (χ0v) is 18.4. The lowest BCUT2D eigenvalue weighted by Crippen LogP contribution is -1.99. The van der Waals surface area contributed by atoms with E-state index >= 15 is 0 Å². The molecule has 27 heavy (non-hydrogen) atoms. The van der Waals surface area contributed by atoms with Gasteiger partial charge >= 0.3 is 5.97 Å². The summed E-state index contributed by atoms with van der Waals surface area (Å²) in [6.45, 7) is 2.28. The minimum Gasteiger partial charge on any atom is -0.469 e. The number of rotatable bonds is 22. The molecule has 2 heteroatoms. The Labute approximate surface area is 175 Å². The molecule has 0 spiro atoms. The molecule has 0 rings (SSSR count). The van der Waals surface area contributed by atoms with Crippen LogP contribution in [0.3, 0.4) is 0 Å². The summed E-state index contributed by atoms with van der Waals surface area (Å²) in [5.41, 5.74) is 0. The molecule has 2 nitrogen and oxygen atoms in total. The van der Waals surface area contributed by atoms with E-state index in [4.69, 9.17) is 4.11 Å². The van der Waals surface area contributed by atoms with Gasteiger partial charge in [0.2, 0.25) is 0 Å². The highest BCUT2D eigenvalue weighted by atomic mass is 16.5. The molecule has 0 aliphatic rings. The second kappa shape index (κ2) is 23.5. The summed E-state index contributed by atoms with van der Waals surface area (Å²) < 4.78 is 25.0. The highest BCUT2D eigenvalue weighted by Gasteiger charge is 1.99. The summed E-state index contributed by atoms with van der Waals surface area (Å²) in [6.07, 6.45) is 28.1. The van der Waals surface area contributed by atoms with E-state index < -0.39 is 13.0 Å². The van der Waals surface area contributed by atoms with Gasteiger partial charge in [0.1, 0.15) is 0 Å². The van der Waals surface area contributed by atoms with Gasteiger partial charge in [0, 0.05) is 6.42 Å². The number of unbranched alkanes of at least 4 members (excludes halogenated alkanes) is 20. The summed E-state index contributed by atoms with van der Waals surface area (Å²) in [7, 11) is -2.59. The Balaban J connectivity index is 3.11. The average molecular weight is 386 g/mol. The molecule has 0 heterocycles. The lowest BCUT2D eigenvalue weighted by molar-refractivity contribution is -0.140. The van der Waals surface area contributed by atoms with Gasteiger partial charge in [0.25, 0.3) is 0 Å². The molecule has 0 aromatic rings. The van der Waals surface area contributed by atoms with Gasteiger partial charge in [-0.05, 0) is 6.42 Å². The summed E-state index contributed by atoms with van der Waals surface area (Å²) in [4.78, 5) is 11.3. The third kappa shape index (κ3) is 23.4. The fourth-order valence-electron chi connectivity index (χ4n) is 3.75. The first-order valence-corrected chi connectivity index (χ1v) is 12.2. The number of carbonyl (C=O) groups excluding carboxylic acids is 1. The molecule has 0 N–H and O–H groups in total. The molecular weight excluding hydrogens is 332 g/mol. The van der Waals surface area contributed by atoms with Crippen LogP contribution in [-0.4, -0.2) is 13.0 Å². The molecule has 0 radical (unpaired) electrons. The fourth-order valence-corrected chi connectivity index (χ4v) is 3.75. The van der Waals surface area contributed by atoms with E-state index in [9.17, 15) is 4.79 Å². The summed E-state index contributed by atoms with van der Waals surface area (Å²) in [5.74, 6) is -0.604. The Hall–Kier alpha value is -0.530. The van der Waals surface area contributed by atoms with Crippen LogP contribution in [0.15, 0.2) is 0 Å². The lowest BCUT2D eigenvalue weighted by Gasteiger charge is -2.04. The van der Waals surface area contributed by atoms with E-state index in [0.717, 1.165) is 19.3 Å². The lowest BCUT2D eigenvalue weighted by atomic mass is 10.0. The monoisotopic (exact) mass is 385 g/mol. The van der Waals surface area contributed by atoms with Crippen molar-refractivity contribution in [3.63, 3.8) is 0 Å². The molecule has 0 amide bonds. The van der Waals surface area contributed by atoms with Crippen molar-refractivity contribution >= 4 is 5.97 Å². The minimum atomic E-state index is -2.59. The van der Waals surface area contributed by atoms with Gasteiger partial charge in [-0.25, -0.2) is 0 Å². The molecule has 0 saturated heterocycles. The van der Waals surface area contributed by atoms with Crippen molar-refractivity contribution in [1.29, 1.82) is 0 Å². The quantitative estimate of drug-likeness (QED) is 0.137. The molecule has 0 aromatic carbocycles. The van der Waals surface area contributed by atoms with Crippen molar-refractivity contribution < 1.29 is 13.6 Å². The predicted octanol–water partition coefficient (Wildman–Crippen LogP) is 8.76. The van der Waals surface area contributed by atoms with Crippen LogP contribution in [0.1, 0.15) is 152 Å². The van der Waals surface area contributed by atoms with Crippen molar-refractivity contribution in [2.75, 3.05) is 7.04 Å². The third-order valence-corrected chi connectivity index (χ3v) is 5.60. The van der Waals surface area contributed by atoms with Crippen molar-refractivity contribution in [1.82, 2.24) is 0 Å². The zero-order chi connectivity index (χ0) is 22.3. The second-order valence-corrected chi connectivity index (χ2v) is 8.30. The fraction of sp³-hybridized carbons (Fsp3) is 0.960. The van der Waals surface area contributed by atoms with Crippen LogP contribution in [0.25, 0.3) is 0 Å². The van der Waals surface area contributed by atoms with Crippen molar-refractivity contribution in [3.8, 4) is 0 Å². The first-order chi connectivity index (χ1) is 14.5. The van der Waals surface area contributed by atoms with Crippen LogP contribution in [0.5, 0.6) is 0 Å². The zero-order valence-electron chi connectivity index (χ0n) is 21.4. The predicted molar refractivity (Wildman–Crippen MR) is 119 cm³/mol. The van der Waals surface area contributed by atoms with Gasteiger partial charge in [-0.1, -0.05) is 135 Å². The Kier molecular flexibility index (Phi) is 18.4. The number of hydrogen-bond acceptors (Lipinski definition) is 2. The molecule has 0 atom stereocenters. The van der Waals surface area contributed by atoms with E-state index in [0.29, 0.717) is 0 Å². The first-order valence-electron chi connectivity index (χ1n) is 13.7. The molecular formula is C25H50O2. The highest BCUT2D eigenvalue weighted by molar-refractivity contribution is 5.68. The van der Waals surface area contributed by atoms with E-state index in [-0.39, 0.29) is 6.42 Å². The molecule has 0 saturated carbocycles. The maximum Gasteiger partial charge on any atom is 0.305 e. The number of hydrogen-bond donors (Lipinski definition) is 0. The maximum atomic E-state index is 11.3. The standard InChI is InChI=1S/C25H50O2/c1-3-4-5-6-7-8-9-10-11-12-13-14-15-16-17-18-19-20-21-22-23-24-25(26)27-2/h3-24H2,1-2H3/i2D3.